The molecule has 1 heterocycles. The van der Waals surface area contributed by atoms with Crippen LogP contribution in [0.5, 0.6) is 0 Å². The molecule has 0 bridgehead atoms. The monoisotopic (exact) mass is 252 g/mol. The number of para-hydroxylation sites is 2. The Morgan fingerprint density at radius 2 is 1.79 bits per heavy atom. The molecule has 0 radical (unpaired) electrons. The molecule has 0 amide bonds. The van der Waals surface area contributed by atoms with Crippen molar-refractivity contribution in [1.29, 1.82) is 0 Å². The fourth-order valence-electron chi connectivity index (χ4n) is 2.86. The number of hydrogen-bond acceptors (Lipinski definition) is 2. The summed E-state index contributed by atoms with van der Waals surface area (Å²) < 4.78 is 0. The second kappa shape index (κ2) is 5.35. The lowest BCUT2D eigenvalue weighted by molar-refractivity contribution is 0.751. The summed E-state index contributed by atoms with van der Waals surface area (Å²) >= 11 is 0. The van der Waals surface area contributed by atoms with Crippen molar-refractivity contribution in [2.24, 2.45) is 0 Å². The highest BCUT2D eigenvalue weighted by molar-refractivity contribution is 5.57. The average Bonchev–Trinajstić information content (AvgIpc) is 2.85. The van der Waals surface area contributed by atoms with Crippen molar-refractivity contribution in [3.63, 3.8) is 0 Å². The minimum absolute atomic E-state index is 0.921. The van der Waals surface area contributed by atoms with Crippen molar-refractivity contribution in [3.05, 3.63) is 59.7 Å². The number of nitrogen functional groups attached to an aromatic ring is 1. The third-order valence-electron chi connectivity index (χ3n) is 3.91. The first-order chi connectivity index (χ1) is 9.34. The summed E-state index contributed by atoms with van der Waals surface area (Å²) in [6.45, 7) is 2.27. The van der Waals surface area contributed by atoms with E-state index in [1.54, 1.807) is 0 Å². The van der Waals surface area contributed by atoms with Crippen molar-refractivity contribution in [1.82, 2.24) is 0 Å². The Morgan fingerprint density at radius 1 is 1.00 bits per heavy atom. The largest absolute Gasteiger partial charge is 0.399 e. The van der Waals surface area contributed by atoms with E-state index in [-0.39, 0.29) is 0 Å². The second-order valence-corrected chi connectivity index (χ2v) is 5.17. The van der Waals surface area contributed by atoms with Gasteiger partial charge >= 0.3 is 0 Å². The zero-order chi connectivity index (χ0) is 13.1. The van der Waals surface area contributed by atoms with Gasteiger partial charge in [0.2, 0.25) is 0 Å². The number of hydrogen-bond donors (Lipinski definition) is 1. The highest BCUT2D eigenvalue weighted by Gasteiger charge is 2.17. The van der Waals surface area contributed by atoms with Gasteiger partial charge in [-0.1, -0.05) is 36.4 Å². The Morgan fingerprint density at radius 3 is 2.68 bits per heavy atom. The summed E-state index contributed by atoms with van der Waals surface area (Å²) in [5.74, 6) is 0. The molecular weight excluding hydrogens is 232 g/mol. The standard InChI is InChI=1S/C17H20N2/c18-16-9-3-1-6-14(16)8-5-12-19-13-11-15-7-2-4-10-17(15)19/h1-4,6-7,9-10H,5,8,11-13,18H2. The van der Waals surface area contributed by atoms with Crippen LogP contribution < -0.4 is 10.6 Å². The number of rotatable bonds is 4. The van der Waals surface area contributed by atoms with Gasteiger partial charge in [-0.3, -0.25) is 0 Å². The summed E-state index contributed by atoms with van der Waals surface area (Å²) in [6, 6.07) is 16.9. The molecule has 1 aliphatic heterocycles. The van der Waals surface area contributed by atoms with E-state index in [0.29, 0.717) is 0 Å². The van der Waals surface area contributed by atoms with E-state index in [2.05, 4.69) is 41.3 Å². The number of anilines is 2. The molecule has 2 aromatic rings. The van der Waals surface area contributed by atoms with Gasteiger partial charge in [-0.2, -0.15) is 0 Å². The van der Waals surface area contributed by atoms with Crippen LogP contribution in [-0.4, -0.2) is 13.1 Å². The van der Waals surface area contributed by atoms with E-state index in [0.717, 1.165) is 31.6 Å². The number of fused-ring (bicyclic) bond motifs is 1. The molecule has 0 aliphatic carbocycles. The van der Waals surface area contributed by atoms with Crippen molar-refractivity contribution in [2.75, 3.05) is 23.7 Å². The molecule has 0 saturated carbocycles. The molecule has 2 N–H and O–H groups in total. The van der Waals surface area contributed by atoms with E-state index in [1.165, 1.54) is 23.2 Å². The molecule has 3 rings (SSSR count). The van der Waals surface area contributed by atoms with Crippen LogP contribution in [0.2, 0.25) is 0 Å². The number of benzene rings is 2. The van der Waals surface area contributed by atoms with Crippen LogP contribution in [0.25, 0.3) is 0 Å². The lowest BCUT2D eigenvalue weighted by Gasteiger charge is -2.19. The lowest BCUT2D eigenvalue weighted by atomic mass is 10.1. The fraction of sp³-hybridized carbons (Fsp3) is 0.294. The molecular formula is C17H20N2. The molecule has 0 aromatic heterocycles. The molecule has 19 heavy (non-hydrogen) atoms. The zero-order valence-electron chi connectivity index (χ0n) is 11.2. The highest BCUT2D eigenvalue weighted by atomic mass is 15.1. The third kappa shape index (κ3) is 2.58. The molecule has 0 fully saturated rings. The Hall–Kier alpha value is -1.96. The maximum absolute atomic E-state index is 5.98. The second-order valence-electron chi connectivity index (χ2n) is 5.17. The summed E-state index contributed by atoms with van der Waals surface area (Å²) in [5.41, 5.74) is 11.1. The van der Waals surface area contributed by atoms with Crippen LogP contribution in [0.1, 0.15) is 17.5 Å². The van der Waals surface area contributed by atoms with Gasteiger partial charge in [0, 0.05) is 24.5 Å². The third-order valence-corrected chi connectivity index (χ3v) is 3.91. The van der Waals surface area contributed by atoms with E-state index in [9.17, 15) is 0 Å². The van der Waals surface area contributed by atoms with E-state index >= 15 is 0 Å². The molecule has 2 nitrogen and oxygen atoms in total. The maximum Gasteiger partial charge on any atom is 0.0399 e. The predicted octanol–water partition coefficient (Wildman–Crippen LogP) is 3.26. The molecule has 0 spiro atoms. The molecule has 2 heteroatoms. The van der Waals surface area contributed by atoms with Crippen LogP contribution in [0, 0.1) is 0 Å². The lowest BCUT2D eigenvalue weighted by Crippen LogP contribution is -2.22. The molecule has 2 aromatic carbocycles. The molecule has 98 valence electrons. The van der Waals surface area contributed by atoms with Crippen LogP contribution in [0.4, 0.5) is 11.4 Å². The predicted molar refractivity (Wildman–Crippen MR) is 81.5 cm³/mol. The molecule has 0 saturated heterocycles. The number of aryl methyl sites for hydroxylation is 1. The topological polar surface area (TPSA) is 29.3 Å². The molecule has 0 unspecified atom stereocenters. The summed E-state index contributed by atoms with van der Waals surface area (Å²) in [6.07, 6.45) is 3.40. The summed E-state index contributed by atoms with van der Waals surface area (Å²) in [5, 5.41) is 0. The first-order valence-corrected chi connectivity index (χ1v) is 7.01. The normalized spacial score (nSPS) is 13.6. The van der Waals surface area contributed by atoms with Gasteiger partial charge in [0.25, 0.3) is 0 Å². The summed E-state index contributed by atoms with van der Waals surface area (Å²) in [4.78, 5) is 2.49. The Balaban J connectivity index is 1.58. The van der Waals surface area contributed by atoms with Gasteiger partial charge in [0.1, 0.15) is 0 Å². The van der Waals surface area contributed by atoms with Crippen molar-refractivity contribution >= 4 is 11.4 Å². The molecule has 1 aliphatic rings. The number of nitrogens with two attached hydrogens (primary N) is 1. The summed E-state index contributed by atoms with van der Waals surface area (Å²) in [7, 11) is 0. The van der Waals surface area contributed by atoms with Gasteiger partial charge in [-0.15, -0.1) is 0 Å². The first kappa shape index (κ1) is 12.1. The van der Waals surface area contributed by atoms with Crippen LogP contribution in [0.15, 0.2) is 48.5 Å². The Kier molecular flexibility index (Phi) is 3.41. The van der Waals surface area contributed by atoms with Gasteiger partial charge < -0.3 is 10.6 Å². The van der Waals surface area contributed by atoms with E-state index in [1.807, 2.05) is 12.1 Å². The zero-order valence-corrected chi connectivity index (χ0v) is 11.2. The van der Waals surface area contributed by atoms with Gasteiger partial charge in [-0.25, -0.2) is 0 Å². The van der Waals surface area contributed by atoms with Crippen LogP contribution in [0.3, 0.4) is 0 Å². The van der Waals surface area contributed by atoms with Crippen LogP contribution in [-0.2, 0) is 12.8 Å². The first-order valence-electron chi connectivity index (χ1n) is 7.01. The van der Waals surface area contributed by atoms with Crippen molar-refractivity contribution < 1.29 is 0 Å². The van der Waals surface area contributed by atoms with Gasteiger partial charge in [0.15, 0.2) is 0 Å². The van der Waals surface area contributed by atoms with Gasteiger partial charge in [-0.05, 0) is 42.5 Å². The van der Waals surface area contributed by atoms with Crippen molar-refractivity contribution in [2.45, 2.75) is 19.3 Å². The Bertz CT molecular complexity index is 563. The number of nitrogens with zero attached hydrogens (tertiary/aromatic N) is 1. The SMILES string of the molecule is Nc1ccccc1CCCN1CCc2ccccc21. The smallest absolute Gasteiger partial charge is 0.0399 e. The van der Waals surface area contributed by atoms with Crippen molar-refractivity contribution in [3.8, 4) is 0 Å². The average molecular weight is 252 g/mol. The van der Waals surface area contributed by atoms with E-state index < -0.39 is 0 Å². The Labute approximate surface area is 114 Å². The minimum Gasteiger partial charge on any atom is -0.399 e. The van der Waals surface area contributed by atoms with Gasteiger partial charge in [0.05, 0.1) is 0 Å². The van der Waals surface area contributed by atoms with E-state index in [4.69, 9.17) is 5.73 Å². The highest BCUT2D eigenvalue weighted by Crippen LogP contribution is 2.27. The quantitative estimate of drug-likeness (QED) is 0.846. The fourth-order valence-corrected chi connectivity index (χ4v) is 2.86. The maximum atomic E-state index is 5.98. The van der Waals surface area contributed by atoms with Crippen LogP contribution >= 0.6 is 0 Å². The molecule has 0 atom stereocenters. The minimum atomic E-state index is 0.921.